The molecule has 0 saturated carbocycles. The molecule has 1 unspecified atom stereocenters. The fourth-order valence-corrected chi connectivity index (χ4v) is 3.92. The van der Waals surface area contributed by atoms with Gasteiger partial charge in [0.15, 0.2) is 6.16 Å². The topological polar surface area (TPSA) is 34.1 Å². The van der Waals surface area contributed by atoms with E-state index in [4.69, 9.17) is 0 Å². The van der Waals surface area contributed by atoms with Gasteiger partial charge in [-0.15, -0.1) is 0 Å². The molecule has 3 heteroatoms. The Morgan fingerprint density at radius 2 is 1.55 bits per heavy atom. The van der Waals surface area contributed by atoms with E-state index in [0.717, 1.165) is 30.4 Å². The summed E-state index contributed by atoms with van der Waals surface area (Å²) in [6.45, 7) is 3.80. The van der Waals surface area contributed by atoms with Gasteiger partial charge in [-0.25, -0.2) is 4.79 Å². The van der Waals surface area contributed by atoms with Crippen molar-refractivity contribution < 1.29 is 9.36 Å². The van der Waals surface area contributed by atoms with E-state index in [1.54, 1.807) is 0 Å². The maximum Gasteiger partial charge on any atom is 0.420 e. The van der Waals surface area contributed by atoms with E-state index in [-0.39, 0.29) is 5.52 Å². The number of rotatable bonds is 7. The van der Waals surface area contributed by atoms with Crippen molar-refractivity contribution in [1.82, 2.24) is 0 Å². The highest BCUT2D eigenvalue weighted by atomic mass is 31.1. The first-order valence-electron chi connectivity index (χ1n) is 7.68. The number of hydrogen-bond acceptors (Lipinski definition) is 2. The largest absolute Gasteiger partial charge is 0.420 e. The van der Waals surface area contributed by atoms with Crippen LogP contribution in [-0.4, -0.2) is 11.7 Å². The second kappa shape index (κ2) is 8.00. The molecule has 0 radical (unpaired) electrons. The lowest BCUT2D eigenvalue weighted by molar-refractivity contribution is 0.107. The van der Waals surface area contributed by atoms with Gasteiger partial charge < -0.3 is 0 Å². The minimum absolute atomic E-state index is 0.190. The third kappa shape index (κ3) is 4.35. The molecule has 0 bridgehead atoms. The zero-order chi connectivity index (χ0) is 15.9. The Labute approximate surface area is 133 Å². The van der Waals surface area contributed by atoms with Crippen molar-refractivity contribution in [3.63, 3.8) is 0 Å². The fourth-order valence-electron chi connectivity index (χ4n) is 2.61. The molecule has 0 spiro atoms. The molecular weight excluding hydrogens is 291 g/mol. The highest BCUT2D eigenvalue weighted by Gasteiger charge is 2.31. The van der Waals surface area contributed by atoms with Crippen LogP contribution in [0.15, 0.2) is 48.5 Å². The second-order valence-electron chi connectivity index (χ2n) is 5.62. The summed E-state index contributed by atoms with van der Waals surface area (Å²) in [5, 5.41) is 0. The van der Waals surface area contributed by atoms with Crippen LogP contribution in [-0.2, 0) is 11.0 Å². The van der Waals surface area contributed by atoms with Crippen molar-refractivity contribution in [2.24, 2.45) is 0 Å². The summed E-state index contributed by atoms with van der Waals surface area (Å²) < 4.78 is 12.3. The highest BCUT2D eigenvalue weighted by molar-refractivity contribution is 7.64. The van der Waals surface area contributed by atoms with Gasteiger partial charge in [-0.1, -0.05) is 53.1 Å². The fraction of sp³-hybridized carbons (Fsp3) is 0.316. The molecular formula is C19H22O2P+. The van der Waals surface area contributed by atoms with Crippen LogP contribution in [0.2, 0.25) is 0 Å². The van der Waals surface area contributed by atoms with Crippen LogP contribution in [0, 0.1) is 13.8 Å². The van der Waals surface area contributed by atoms with E-state index in [1.165, 1.54) is 5.56 Å². The smallest absolute Gasteiger partial charge is 0.234 e. The van der Waals surface area contributed by atoms with Gasteiger partial charge in [0, 0.05) is 0 Å². The van der Waals surface area contributed by atoms with Crippen LogP contribution in [0.5, 0.6) is 0 Å². The van der Waals surface area contributed by atoms with E-state index in [9.17, 15) is 9.36 Å². The average Bonchev–Trinajstić information content (AvgIpc) is 2.52. The molecule has 2 rings (SSSR count). The standard InChI is InChI=1S/C19H22O2P/c1-15-9-8-10-16(2)18(15)19(20)22(21)14-7-6-13-17-11-4-3-5-12-17/h3-5,8-12H,6-7,13-14H2,1-2H3/q+1. The maximum absolute atomic E-state index is 12.4. The van der Waals surface area contributed by atoms with E-state index in [0.29, 0.717) is 11.7 Å². The summed E-state index contributed by atoms with van der Waals surface area (Å²) >= 11 is 0. The first-order valence-corrected chi connectivity index (χ1v) is 9.13. The lowest BCUT2D eigenvalue weighted by Gasteiger charge is -2.02. The molecule has 2 aromatic rings. The Balaban J connectivity index is 1.86. The molecule has 0 N–H and O–H groups in total. The summed E-state index contributed by atoms with van der Waals surface area (Å²) in [4.78, 5) is 12.4. The lowest BCUT2D eigenvalue weighted by Crippen LogP contribution is -2.02. The summed E-state index contributed by atoms with van der Waals surface area (Å²) in [6.07, 6.45) is 3.24. The van der Waals surface area contributed by atoms with E-state index in [1.807, 2.05) is 50.2 Å². The predicted octanol–water partition coefficient (Wildman–Crippen LogP) is 5.29. The van der Waals surface area contributed by atoms with Gasteiger partial charge >= 0.3 is 13.3 Å². The summed E-state index contributed by atoms with van der Waals surface area (Å²) in [5.74, 6) is 0. The summed E-state index contributed by atoms with van der Waals surface area (Å²) in [6, 6.07) is 16.0. The van der Waals surface area contributed by atoms with Crippen molar-refractivity contribution in [2.45, 2.75) is 33.1 Å². The quantitative estimate of drug-likeness (QED) is 0.514. The molecule has 114 valence electrons. The van der Waals surface area contributed by atoms with Crippen molar-refractivity contribution in [2.75, 3.05) is 6.16 Å². The molecule has 0 fully saturated rings. The third-order valence-corrected chi connectivity index (χ3v) is 5.24. The predicted molar refractivity (Wildman–Crippen MR) is 92.1 cm³/mol. The monoisotopic (exact) mass is 313 g/mol. The van der Waals surface area contributed by atoms with Gasteiger partial charge in [0.1, 0.15) is 0 Å². The third-order valence-electron chi connectivity index (χ3n) is 3.84. The first kappa shape index (κ1) is 16.6. The molecule has 1 atom stereocenters. The Bertz CT molecular complexity index is 642. The second-order valence-corrected chi connectivity index (χ2v) is 7.23. The van der Waals surface area contributed by atoms with Crippen molar-refractivity contribution in [3.05, 3.63) is 70.8 Å². The molecule has 0 aliphatic carbocycles. The number of carbonyl (C=O) groups excluding carboxylic acids is 1. The molecule has 0 aromatic heterocycles. The highest BCUT2D eigenvalue weighted by Crippen LogP contribution is 2.31. The number of unbranched alkanes of at least 4 members (excludes halogenated alkanes) is 1. The molecule has 0 aliphatic heterocycles. The number of benzene rings is 2. The number of aryl methyl sites for hydroxylation is 3. The van der Waals surface area contributed by atoms with Gasteiger partial charge in [-0.3, -0.25) is 0 Å². The van der Waals surface area contributed by atoms with E-state index in [2.05, 4.69) is 12.1 Å². The lowest BCUT2D eigenvalue weighted by atomic mass is 10.0. The van der Waals surface area contributed by atoms with Crippen LogP contribution in [0.4, 0.5) is 0 Å². The first-order chi connectivity index (χ1) is 10.6. The van der Waals surface area contributed by atoms with Crippen LogP contribution in [0.1, 0.15) is 39.9 Å². The number of carbonyl (C=O) groups is 1. The molecule has 22 heavy (non-hydrogen) atoms. The Kier molecular flexibility index (Phi) is 6.03. The Morgan fingerprint density at radius 3 is 2.18 bits per heavy atom. The molecule has 0 heterocycles. The van der Waals surface area contributed by atoms with Gasteiger partial charge in [0.25, 0.3) is 0 Å². The minimum atomic E-state index is -1.82. The van der Waals surface area contributed by atoms with Crippen LogP contribution >= 0.6 is 7.80 Å². The summed E-state index contributed by atoms with van der Waals surface area (Å²) in [5.41, 5.74) is 3.58. The van der Waals surface area contributed by atoms with Gasteiger partial charge in [0.05, 0.1) is 5.56 Å². The van der Waals surface area contributed by atoms with E-state index < -0.39 is 7.80 Å². The SMILES string of the molecule is Cc1cccc(C)c1C(=O)[P+](=O)CCCCc1ccccc1. The zero-order valence-electron chi connectivity index (χ0n) is 13.2. The van der Waals surface area contributed by atoms with E-state index >= 15 is 0 Å². The van der Waals surface area contributed by atoms with Gasteiger partial charge in [0.2, 0.25) is 0 Å². The zero-order valence-corrected chi connectivity index (χ0v) is 14.1. The van der Waals surface area contributed by atoms with Crippen molar-refractivity contribution in [1.29, 1.82) is 0 Å². The molecule has 2 nitrogen and oxygen atoms in total. The van der Waals surface area contributed by atoms with Crippen molar-refractivity contribution >= 4 is 13.3 Å². The molecule has 2 aromatic carbocycles. The minimum Gasteiger partial charge on any atom is -0.234 e. The van der Waals surface area contributed by atoms with Crippen molar-refractivity contribution in [3.8, 4) is 0 Å². The van der Waals surface area contributed by atoms with Crippen LogP contribution in [0.25, 0.3) is 0 Å². The Hall–Kier alpha value is -1.79. The molecule has 0 aliphatic rings. The number of hydrogen-bond donors (Lipinski definition) is 0. The summed E-state index contributed by atoms with van der Waals surface area (Å²) in [7, 11) is -1.82. The normalized spacial score (nSPS) is 11.3. The molecule has 0 amide bonds. The van der Waals surface area contributed by atoms with Crippen LogP contribution in [0.3, 0.4) is 0 Å². The molecule has 0 saturated heterocycles. The van der Waals surface area contributed by atoms with Gasteiger partial charge in [-0.05, 0) is 49.8 Å². The van der Waals surface area contributed by atoms with Crippen LogP contribution < -0.4 is 0 Å². The maximum atomic E-state index is 12.4. The average molecular weight is 313 g/mol. The van der Waals surface area contributed by atoms with Gasteiger partial charge in [-0.2, -0.15) is 0 Å². The Morgan fingerprint density at radius 1 is 0.909 bits per heavy atom.